The molecule has 0 bridgehead atoms. The van der Waals surface area contributed by atoms with Crippen LogP contribution in [0.25, 0.3) is 0 Å². The number of hydrogen-bond acceptors (Lipinski definition) is 3. The monoisotopic (exact) mass is 324 g/mol. The summed E-state index contributed by atoms with van der Waals surface area (Å²) in [6.45, 7) is 0. The Hall–Kier alpha value is -1.91. The number of rotatable bonds is 15. The van der Waals surface area contributed by atoms with E-state index in [2.05, 4.69) is 0 Å². The van der Waals surface area contributed by atoms with E-state index in [4.69, 9.17) is 10.2 Å². The summed E-state index contributed by atoms with van der Waals surface area (Å²) in [5, 5.41) is 17.0. The molecule has 0 spiro atoms. The lowest BCUT2D eigenvalue weighted by atomic mass is 10.1. The Morgan fingerprint density at radius 1 is 0.652 bits per heavy atom. The Morgan fingerprint density at radius 2 is 1.17 bits per heavy atom. The molecule has 0 unspecified atom stereocenters. The van der Waals surface area contributed by atoms with Gasteiger partial charge in [0, 0.05) is 19.3 Å². The van der Waals surface area contributed by atoms with E-state index in [1.54, 1.807) is 6.08 Å². The maximum absolute atomic E-state index is 11.5. The molecule has 23 heavy (non-hydrogen) atoms. The van der Waals surface area contributed by atoms with E-state index < -0.39 is 11.9 Å². The fourth-order valence-electron chi connectivity index (χ4n) is 2.07. The van der Waals surface area contributed by atoms with Crippen molar-refractivity contribution in [3.63, 3.8) is 0 Å². The minimum absolute atomic E-state index is 0.0264. The van der Waals surface area contributed by atoms with Crippen LogP contribution in [0.4, 0.5) is 0 Å². The third-order valence-electron chi connectivity index (χ3n) is 3.35. The number of carboxylic acid groups (broad SMARTS) is 2. The van der Waals surface area contributed by atoms with E-state index in [9.17, 15) is 14.4 Å². The highest BCUT2D eigenvalue weighted by molar-refractivity contribution is 5.89. The molecule has 0 aromatic carbocycles. The van der Waals surface area contributed by atoms with Gasteiger partial charge in [-0.15, -0.1) is 0 Å². The Labute approximate surface area is 138 Å². The van der Waals surface area contributed by atoms with Crippen molar-refractivity contribution < 1.29 is 24.6 Å². The van der Waals surface area contributed by atoms with Crippen LogP contribution >= 0.6 is 0 Å². The number of unbranched alkanes of at least 4 members (excludes halogenated alkanes) is 6. The molecular weight excluding hydrogens is 296 g/mol. The zero-order chi connectivity index (χ0) is 17.3. The van der Waals surface area contributed by atoms with Gasteiger partial charge in [-0.3, -0.25) is 14.4 Å². The predicted octanol–water partition coefficient (Wildman–Crippen LogP) is 4.13. The van der Waals surface area contributed by atoms with Crippen LogP contribution in [0.3, 0.4) is 0 Å². The number of hydrogen-bond donors (Lipinski definition) is 2. The first kappa shape index (κ1) is 21.1. The van der Waals surface area contributed by atoms with Gasteiger partial charge in [0.15, 0.2) is 5.78 Å². The second-order valence-corrected chi connectivity index (χ2v) is 5.55. The van der Waals surface area contributed by atoms with Crippen LogP contribution in [0.2, 0.25) is 0 Å². The van der Waals surface area contributed by atoms with Crippen molar-refractivity contribution >= 4 is 17.7 Å². The van der Waals surface area contributed by atoms with Gasteiger partial charge in [0.25, 0.3) is 0 Å². The summed E-state index contributed by atoms with van der Waals surface area (Å²) in [4.78, 5) is 32.1. The van der Waals surface area contributed by atoms with Crippen molar-refractivity contribution in [2.45, 2.75) is 70.6 Å². The van der Waals surface area contributed by atoms with Gasteiger partial charge in [-0.05, 0) is 38.2 Å². The summed E-state index contributed by atoms with van der Waals surface area (Å²) in [5.41, 5.74) is 0. The van der Waals surface area contributed by atoms with Crippen LogP contribution in [-0.4, -0.2) is 27.9 Å². The summed E-state index contributed by atoms with van der Waals surface area (Å²) >= 11 is 0. The van der Waals surface area contributed by atoms with Gasteiger partial charge in [0.1, 0.15) is 0 Å². The van der Waals surface area contributed by atoms with Gasteiger partial charge < -0.3 is 10.2 Å². The zero-order valence-corrected chi connectivity index (χ0v) is 13.7. The molecule has 0 aromatic heterocycles. The molecule has 0 heterocycles. The molecule has 0 saturated carbocycles. The average molecular weight is 324 g/mol. The lowest BCUT2D eigenvalue weighted by Gasteiger charge is -1.97. The third-order valence-corrected chi connectivity index (χ3v) is 3.35. The summed E-state index contributed by atoms with van der Waals surface area (Å²) in [6, 6.07) is 0. The second-order valence-electron chi connectivity index (χ2n) is 5.55. The molecule has 0 atom stereocenters. The maximum atomic E-state index is 11.5. The Kier molecular flexibility index (Phi) is 13.8. The normalized spacial score (nSPS) is 11.3. The van der Waals surface area contributed by atoms with Gasteiger partial charge in [0.05, 0.1) is 0 Å². The van der Waals surface area contributed by atoms with E-state index in [0.29, 0.717) is 19.3 Å². The average Bonchev–Trinajstić information content (AvgIpc) is 2.48. The van der Waals surface area contributed by atoms with Crippen molar-refractivity contribution in [2.75, 3.05) is 0 Å². The molecule has 0 radical (unpaired) electrons. The highest BCUT2D eigenvalue weighted by Gasteiger charge is 1.99. The summed E-state index contributed by atoms with van der Waals surface area (Å²) in [5.74, 6) is -1.52. The summed E-state index contributed by atoms with van der Waals surface area (Å²) in [6.07, 6.45) is 15.0. The highest BCUT2D eigenvalue weighted by atomic mass is 16.4. The van der Waals surface area contributed by atoms with E-state index >= 15 is 0 Å². The van der Waals surface area contributed by atoms with Gasteiger partial charge >= 0.3 is 11.9 Å². The lowest BCUT2D eigenvalue weighted by Crippen LogP contribution is -1.96. The SMILES string of the molecule is O=C(O)CCCCCCCC=CC=CC(=O)CCCCC(=O)O. The van der Waals surface area contributed by atoms with E-state index in [-0.39, 0.29) is 18.6 Å². The van der Waals surface area contributed by atoms with Gasteiger partial charge in [-0.25, -0.2) is 0 Å². The number of carbonyl (C=O) groups is 3. The minimum atomic E-state index is -0.821. The van der Waals surface area contributed by atoms with Crippen molar-refractivity contribution in [3.8, 4) is 0 Å². The van der Waals surface area contributed by atoms with Gasteiger partial charge in [0.2, 0.25) is 0 Å². The molecule has 5 nitrogen and oxygen atoms in total. The smallest absolute Gasteiger partial charge is 0.303 e. The maximum Gasteiger partial charge on any atom is 0.303 e. The lowest BCUT2D eigenvalue weighted by molar-refractivity contribution is -0.138. The van der Waals surface area contributed by atoms with Crippen molar-refractivity contribution in [1.82, 2.24) is 0 Å². The molecule has 0 rings (SSSR count). The second kappa shape index (κ2) is 15.0. The molecule has 0 fully saturated rings. The van der Waals surface area contributed by atoms with Crippen LogP contribution < -0.4 is 0 Å². The van der Waals surface area contributed by atoms with E-state index in [1.807, 2.05) is 12.2 Å². The summed E-state index contributed by atoms with van der Waals surface area (Å²) in [7, 11) is 0. The largest absolute Gasteiger partial charge is 0.481 e. The number of carbonyl (C=O) groups excluding carboxylic acids is 1. The Morgan fingerprint density at radius 3 is 1.83 bits per heavy atom. The first-order valence-corrected chi connectivity index (χ1v) is 8.32. The van der Waals surface area contributed by atoms with Gasteiger partial charge in [-0.2, -0.15) is 0 Å². The number of carboxylic acids is 2. The molecule has 0 amide bonds. The molecule has 0 aromatic rings. The van der Waals surface area contributed by atoms with E-state index in [0.717, 1.165) is 38.5 Å². The Balaban J connectivity index is 3.45. The topological polar surface area (TPSA) is 91.7 Å². The molecule has 5 heteroatoms. The molecule has 0 aliphatic rings. The molecule has 130 valence electrons. The quantitative estimate of drug-likeness (QED) is 0.268. The van der Waals surface area contributed by atoms with Crippen LogP contribution in [0, 0.1) is 0 Å². The highest BCUT2D eigenvalue weighted by Crippen LogP contribution is 2.07. The van der Waals surface area contributed by atoms with E-state index in [1.165, 1.54) is 6.08 Å². The van der Waals surface area contributed by atoms with Crippen LogP contribution in [0.15, 0.2) is 24.3 Å². The van der Waals surface area contributed by atoms with Crippen molar-refractivity contribution in [2.24, 2.45) is 0 Å². The first-order chi connectivity index (χ1) is 11.0. The fourth-order valence-corrected chi connectivity index (χ4v) is 2.07. The molecule has 0 aliphatic carbocycles. The first-order valence-electron chi connectivity index (χ1n) is 8.32. The number of ketones is 1. The standard InChI is InChI=1S/C18H28O5/c19-16(13-10-11-15-18(22)23)12-8-6-4-2-1-3-5-7-9-14-17(20)21/h4,6,8,12H,1-3,5,7,9-11,13-15H2,(H,20,21)(H,22,23). The summed E-state index contributed by atoms with van der Waals surface area (Å²) < 4.78 is 0. The molecule has 2 N–H and O–H groups in total. The number of allylic oxidation sites excluding steroid dienone is 4. The van der Waals surface area contributed by atoms with Gasteiger partial charge in [-0.1, -0.05) is 37.5 Å². The fraction of sp³-hybridized carbons (Fsp3) is 0.611. The van der Waals surface area contributed by atoms with Crippen molar-refractivity contribution in [3.05, 3.63) is 24.3 Å². The zero-order valence-electron chi connectivity index (χ0n) is 13.7. The third kappa shape index (κ3) is 18.0. The molecule has 0 saturated heterocycles. The van der Waals surface area contributed by atoms with Crippen LogP contribution in [0.5, 0.6) is 0 Å². The molecule has 0 aliphatic heterocycles. The number of aliphatic carboxylic acids is 2. The van der Waals surface area contributed by atoms with Crippen molar-refractivity contribution in [1.29, 1.82) is 0 Å². The minimum Gasteiger partial charge on any atom is -0.481 e. The molecular formula is C18H28O5. The Bertz CT molecular complexity index is 410. The predicted molar refractivity (Wildman–Crippen MR) is 89.3 cm³/mol. The van der Waals surface area contributed by atoms with Crippen LogP contribution in [0.1, 0.15) is 70.6 Å². The van der Waals surface area contributed by atoms with Crippen LogP contribution in [-0.2, 0) is 14.4 Å².